The van der Waals surface area contributed by atoms with Crippen molar-refractivity contribution in [2.75, 3.05) is 0 Å². The van der Waals surface area contributed by atoms with Gasteiger partial charge in [0, 0.05) is 18.0 Å². The zero-order valence-electron chi connectivity index (χ0n) is 20.9. The van der Waals surface area contributed by atoms with Gasteiger partial charge in [0.25, 0.3) is 5.91 Å². The molecule has 2 aromatic carbocycles. The van der Waals surface area contributed by atoms with Gasteiger partial charge in [-0.25, -0.2) is 4.79 Å². The number of amides is 3. The molecule has 2 aliphatic heterocycles. The molecule has 2 aromatic rings. The van der Waals surface area contributed by atoms with E-state index in [1.165, 1.54) is 6.42 Å². The minimum atomic E-state index is -0.450. The summed E-state index contributed by atoms with van der Waals surface area (Å²) in [5, 5.41) is 9.03. The SMILES string of the molecule is C=CCc1c(OCc2ccc(C#N)cc2)ccc2c1C[C@H]1C(=O)N(C3CCCCC3)C(=O)N1[C@@H]2CC. The molecule has 2 fully saturated rings. The molecule has 2 atom stereocenters. The van der Waals surface area contributed by atoms with Crippen molar-refractivity contribution < 1.29 is 14.3 Å². The quantitative estimate of drug-likeness (QED) is 0.366. The highest BCUT2D eigenvalue weighted by Gasteiger charge is 2.53. The Morgan fingerprint density at radius 2 is 1.86 bits per heavy atom. The van der Waals surface area contributed by atoms with Crippen LogP contribution in [-0.4, -0.2) is 33.8 Å². The van der Waals surface area contributed by atoms with Gasteiger partial charge in [0.2, 0.25) is 0 Å². The Kier molecular flexibility index (Phi) is 6.82. The maximum Gasteiger partial charge on any atom is 0.328 e. The predicted octanol–water partition coefficient (Wildman–Crippen LogP) is 5.84. The normalized spacial score (nSPS) is 21.7. The standard InChI is InChI=1S/C30H33N3O3/c1-3-8-24-25-17-27-29(34)32(22-9-6-5-7-10-22)30(35)33(27)26(4-2)23(25)15-16-28(24)36-19-21-13-11-20(18-31)12-14-21/h3,11-16,22,26-27H,1,4-10,17,19H2,2H3/t26-,27+/m1/s1. The summed E-state index contributed by atoms with van der Waals surface area (Å²) in [6.07, 6.45) is 8.92. The summed E-state index contributed by atoms with van der Waals surface area (Å²) >= 11 is 0. The van der Waals surface area contributed by atoms with Crippen LogP contribution in [0.25, 0.3) is 0 Å². The number of carbonyl (C=O) groups excluding carboxylic acids is 2. The highest BCUT2D eigenvalue weighted by atomic mass is 16.5. The molecule has 0 unspecified atom stereocenters. The van der Waals surface area contributed by atoms with Crippen LogP contribution in [0.3, 0.4) is 0 Å². The monoisotopic (exact) mass is 483 g/mol. The summed E-state index contributed by atoms with van der Waals surface area (Å²) in [5.41, 5.74) is 4.88. The first kappa shape index (κ1) is 24.1. The summed E-state index contributed by atoms with van der Waals surface area (Å²) < 4.78 is 6.25. The smallest absolute Gasteiger partial charge is 0.328 e. The third kappa shape index (κ3) is 4.17. The molecular weight excluding hydrogens is 450 g/mol. The number of ether oxygens (including phenoxy) is 1. The minimum absolute atomic E-state index is 0.0314. The average molecular weight is 484 g/mol. The van der Waals surface area contributed by atoms with Gasteiger partial charge in [0.05, 0.1) is 17.7 Å². The van der Waals surface area contributed by atoms with Crippen molar-refractivity contribution >= 4 is 11.9 Å². The lowest BCUT2D eigenvalue weighted by molar-refractivity contribution is -0.130. The van der Waals surface area contributed by atoms with Gasteiger partial charge in [-0.1, -0.05) is 50.5 Å². The Balaban J connectivity index is 1.46. The number of carbonyl (C=O) groups is 2. The van der Waals surface area contributed by atoms with Gasteiger partial charge in [-0.3, -0.25) is 9.69 Å². The van der Waals surface area contributed by atoms with Crippen LogP contribution in [0, 0.1) is 11.3 Å². The number of allylic oxidation sites excluding steroid dienone is 1. The van der Waals surface area contributed by atoms with Crippen molar-refractivity contribution in [1.29, 1.82) is 5.26 Å². The van der Waals surface area contributed by atoms with E-state index in [1.807, 2.05) is 29.2 Å². The maximum atomic E-state index is 13.6. The van der Waals surface area contributed by atoms with E-state index in [9.17, 15) is 9.59 Å². The minimum Gasteiger partial charge on any atom is -0.489 e. The number of fused-ring (bicyclic) bond motifs is 2. The lowest BCUT2D eigenvalue weighted by atomic mass is 9.83. The molecule has 6 nitrogen and oxygen atoms in total. The van der Waals surface area contributed by atoms with Crippen LogP contribution in [-0.2, 0) is 24.2 Å². The lowest BCUT2D eigenvalue weighted by Gasteiger charge is -2.38. The number of nitrogens with zero attached hydrogens (tertiary/aromatic N) is 3. The van der Waals surface area contributed by atoms with Gasteiger partial charge < -0.3 is 9.64 Å². The Labute approximate surface area is 213 Å². The van der Waals surface area contributed by atoms with E-state index in [1.54, 1.807) is 17.0 Å². The second-order valence-electron chi connectivity index (χ2n) is 10.0. The summed E-state index contributed by atoms with van der Waals surface area (Å²) in [5.74, 6) is 0.742. The van der Waals surface area contributed by atoms with Crippen molar-refractivity contribution in [2.24, 2.45) is 0 Å². The average Bonchev–Trinajstić information content (AvgIpc) is 3.17. The molecule has 6 heteroatoms. The highest BCUT2D eigenvalue weighted by Crippen LogP contribution is 2.44. The molecule has 2 heterocycles. The van der Waals surface area contributed by atoms with E-state index in [0.717, 1.165) is 60.1 Å². The summed E-state index contributed by atoms with van der Waals surface area (Å²) in [6, 6.07) is 12.9. The van der Waals surface area contributed by atoms with E-state index in [4.69, 9.17) is 10.00 Å². The van der Waals surface area contributed by atoms with Crippen LogP contribution in [0.5, 0.6) is 5.75 Å². The Bertz CT molecular complexity index is 1210. The molecule has 0 radical (unpaired) electrons. The first-order valence-electron chi connectivity index (χ1n) is 13.1. The number of benzene rings is 2. The molecule has 0 N–H and O–H groups in total. The molecule has 0 aromatic heterocycles. The van der Waals surface area contributed by atoms with Gasteiger partial charge >= 0.3 is 6.03 Å². The third-order valence-electron chi connectivity index (χ3n) is 7.95. The van der Waals surface area contributed by atoms with Crippen molar-refractivity contribution in [3.8, 4) is 11.8 Å². The molecule has 5 rings (SSSR count). The fourth-order valence-electron chi connectivity index (χ4n) is 6.19. The number of urea groups is 1. The molecule has 36 heavy (non-hydrogen) atoms. The first-order valence-corrected chi connectivity index (χ1v) is 13.1. The van der Waals surface area contributed by atoms with Gasteiger partial charge in [-0.05, 0) is 60.6 Å². The largest absolute Gasteiger partial charge is 0.489 e. The van der Waals surface area contributed by atoms with E-state index in [2.05, 4.69) is 25.6 Å². The van der Waals surface area contributed by atoms with Crippen molar-refractivity contribution in [1.82, 2.24) is 9.80 Å². The fraction of sp³-hybridized carbons (Fsp3) is 0.433. The fourth-order valence-corrected chi connectivity index (χ4v) is 6.19. The summed E-state index contributed by atoms with van der Waals surface area (Å²) in [7, 11) is 0. The molecule has 1 saturated heterocycles. The highest BCUT2D eigenvalue weighted by molar-refractivity contribution is 6.05. The van der Waals surface area contributed by atoms with Crippen LogP contribution >= 0.6 is 0 Å². The Morgan fingerprint density at radius 3 is 2.53 bits per heavy atom. The van der Waals surface area contributed by atoms with Crippen LogP contribution in [0.4, 0.5) is 4.79 Å². The van der Waals surface area contributed by atoms with E-state index < -0.39 is 6.04 Å². The second kappa shape index (κ2) is 10.2. The van der Waals surface area contributed by atoms with Gasteiger partial charge in [0.1, 0.15) is 18.4 Å². The zero-order chi connectivity index (χ0) is 25.2. The topological polar surface area (TPSA) is 73.6 Å². The number of nitriles is 1. The number of hydrogen-bond donors (Lipinski definition) is 0. The molecule has 186 valence electrons. The van der Waals surface area contributed by atoms with E-state index in [0.29, 0.717) is 25.0 Å². The molecule has 0 bridgehead atoms. The number of rotatable bonds is 7. The zero-order valence-corrected chi connectivity index (χ0v) is 20.9. The molecule has 3 amide bonds. The van der Waals surface area contributed by atoms with Crippen molar-refractivity contribution in [3.05, 3.63) is 76.9 Å². The summed E-state index contributed by atoms with van der Waals surface area (Å²) in [4.78, 5) is 30.7. The maximum absolute atomic E-state index is 13.6. The van der Waals surface area contributed by atoms with E-state index >= 15 is 0 Å². The molecule has 0 spiro atoms. The molecule has 1 saturated carbocycles. The molecular formula is C30H33N3O3. The number of imide groups is 1. The molecule has 3 aliphatic rings. The Morgan fingerprint density at radius 1 is 1.11 bits per heavy atom. The predicted molar refractivity (Wildman–Crippen MR) is 137 cm³/mol. The molecule has 1 aliphatic carbocycles. The van der Waals surface area contributed by atoms with Crippen LogP contribution < -0.4 is 4.74 Å². The number of hydrogen-bond acceptors (Lipinski definition) is 4. The van der Waals surface area contributed by atoms with Gasteiger partial charge in [-0.2, -0.15) is 5.26 Å². The lowest BCUT2D eigenvalue weighted by Crippen LogP contribution is -2.44. The van der Waals surface area contributed by atoms with Crippen LogP contribution in [0.2, 0.25) is 0 Å². The van der Waals surface area contributed by atoms with Gasteiger partial charge in [-0.15, -0.1) is 6.58 Å². The van der Waals surface area contributed by atoms with Gasteiger partial charge in [0.15, 0.2) is 0 Å². The van der Waals surface area contributed by atoms with Crippen molar-refractivity contribution in [3.63, 3.8) is 0 Å². The third-order valence-corrected chi connectivity index (χ3v) is 7.95. The summed E-state index contributed by atoms with van der Waals surface area (Å²) in [6.45, 7) is 6.43. The first-order chi connectivity index (χ1) is 17.6. The Hall–Kier alpha value is -3.59. The van der Waals surface area contributed by atoms with Crippen LogP contribution in [0.1, 0.15) is 79.3 Å². The van der Waals surface area contributed by atoms with Crippen LogP contribution in [0.15, 0.2) is 49.1 Å². The van der Waals surface area contributed by atoms with Crippen molar-refractivity contribution in [2.45, 2.75) is 83.0 Å². The second-order valence-corrected chi connectivity index (χ2v) is 10.0. The van der Waals surface area contributed by atoms with E-state index in [-0.39, 0.29) is 24.0 Å².